The zero-order valence-corrected chi connectivity index (χ0v) is 9.00. The summed E-state index contributed by atoms with van der Waals surface area (Å²) in [5.74, 6) is 0.554. The van der Waals surface area contributed by atoms with Crippen LogP contribution in [-0.2, 0) is 0 Å². The molecule has 1 aliphatic carbocycles. The van der Waals surface area contributed by atoms with E-state index >= 15 is 0 Å². The summed E-state index contributed by atoms with van der Waals surface area (Å²) in [5, 5.41) is 0. The number of nitrogens with two attached hydrogens (primary N) is 1. The van der Waals surface area contributed by atoms with E-state index in [0.717, 1.165) is 11.3 Å². The van der Waals surface area contributed by atoms with E-state index in [1.807, 2.05) is 30.9 Å². The highest BCUT2D eigenvalue weighted by Crippen LogP contribution is 2.34. The molecule has 0 unspecified atom stereocenters. The molecular formula is C12H14N4. The van der Waals surface area contributed by atoms with E-state index in [0.29, 0.717) is 11.9 Å². The van der Waals surface area contributed by atoms with E-state index in [4.69, 9.17) is 5.73 Å². The third kappa shape index (κ3) is 1.46. The first-order chi connectivity index (χ1) is 7.84. The fourth-order valence-electron chi connectivity index (χ4n) is 2.04. The monoisotopic (exact) mass is 214 g/mol. The Hall–Kier alpha value is -1.84. The standard InChI is InChI=1S/C12H14N4/c13-12-5-4-9(6-15-12)11-7-14-8-16(11)10-2-1-3-10/h4-8,10H,1-3H2,(H2,13,15). The Labute approximate surface area is 94.1 Å². The van der Waals surface area contributed by atoms with Crippen LogP contribution < -0.4 is 5.73 Å². The molecule has 2 aromatic rings. The zero-order chi connectivity index (χ0) is 11.0. The van der Waals surface area contributed by atoms with Gasteiger partial charge in [-0.2, -0.15) is 0 Å². The maximum absolute atomic E-state index is 5.58. The molecule has 0 aromatic carbocycles. The van der Waals surface area contributed by atoms with Crippen molar-refractivity contribution in [1.29, 1.82) is 0 Å². The molecule has 0 aliphatic heterocycles. The highest BCUT2D eigenvalue weighted by Gasteiger charge is 2.21. The van der Waals surface area contributed by atoms with E-state index in [1.165, 1.54) is 19.3 Å². The molecule has 1 fully saturated rings. The fourth-order valence-corrected chi connectivity index (χ4v) is 2.04. The van der Waals surface area contributed by atoms with Crippen LogP contribution in [0.5, 0.6) is 0 Å². The van der Waals surface area contributed by atoms with Crippen molar-refractivity contribution < 1.29 is 0 Å². The highest BCUT2D eigenvalue weighted by atomic mass is 15.1. The molecule has 0 saturated heterocycles. The lowest BCUT2D eigenvalue weighted by Gasteiger charge is -2.28. The number of anilines is 1. The van der Waals surface area contributed by atoms with E-state index in [9.17, 15) is 0 Å². The molecule has 1 aliphatic rings. The molecule has 0 amide bonds. The Kier molecular flexibility index (Phi) is 2.13. The first-order valence-corrected chi connectivity index (χ1v) is 5.58. The number of pyridine rings is 1. The van der Waals surface area contributed by atoms with Crippen molar-refractivity contribution in [2.45, 2.75) is 25.3 Å². The lowest BCUT2D eigenvalue weighted by molar-refractivity contribution is 0.316. The quantitative estimate of drug-likeness (QED) is 0.834. The summed E-state index contributed by atoms with van der Waals surface area (Å²) in [6, 6.07) is 4.44. The van der Waals surface area contributed by atoms with Crippen molar-refractivity contribution >= 4 is 5.82 Å². The second-order valence-corrected chi connectivity index (χ2v) is 4.24. The van der Waals surface area contributed by atoms with Crippen LogP contribution in [0.4, 0.5) is 5.82 Å². The number of imidazole rings is 1. The van der Waals surface area contributed by atoms with Gasteiger partial charge >= 0.3 is 0 Å². The van der Waals surface area contributed by atoms with Crippen LogP contribution in [0.1, 0.15) is 25.3 Å². The Bertz CT molecular complexity index is 482. The van der Waals surface area contributed by atoms with Crippen molar-refractivity contribution in [2.75, 3.05) is 5.73 Å². The SMILES string of the molecule is Nc1ccc(-c2cncn2C2CCC2)cn1. The minimum Gasteiger partial charge on any atom is -0.384 e. The van der Waals surface area contributed by atoms with Crippen LogP contribution in [0.15, 0.2) is 30.9 Å². The van der Waals surface area contributed by atoms with Crippen LogP contribution in [0.25, 0.3) is 11.3 Å². The van der Waals surface area contributed by atoms with Gasteiger partial charge in [0.05, 0.1) is 18.2 Å². The van der Waals surface area contributed by atoms with Crippen LogP contribution in [0, 0.1) is 0 Å². The van der Waals surface area contributed by atoms with Crippen LogP contribution in [-0.4, -0.2) is 14.5 Å². The molecule has 2 heterocycles. The van der Waals surface area contributed by atoms with Crippen molar-refractivity contribution in [3.05, 3.63) is 30.9 Å². The Morgan fingerprint density at radius 3 is 2.75 bits per heavy atom. The molecule has 16 heavy (non-hydrogen) atoms. The molecule has 4 nitrogen and oxygen atoms in total. The normalized spacial score (nSPS) is 16.0. The summed E-state index contributed by atoms with van der Waals surface area (Å²) in [6.07, 6.45) is 9.45. The first kappa shape index (κ1) is 9.39. The minimum atomic E-state index is 0.554. The van der Waals surface area contributed by atoms with Gasteiger partial charge in [0, 0.05) is 17.8 Å². The van der Waals surface area contributed by atoms with Crippen molar-refractivity contribution in [2.24, 2.45) is 0 Å². The van der Waals surface area contributed by atoms with E-state index in [1.54, 1.807) is 0 Å². The smallest absolute Gasteiger partial charge is 0.123 e. The molecule has 82 valence electrons. The summed E-state index contributed by atoms with van der Waals surface area (Å²) in [4.78, 5) is 8.34. The molecule has 2 N–H and O–H groups in total. The molecule has 4 heteroatoms. The van der Waals surface area contributed by atoms with Gasteiger partial charge in [-0.05, 0) is 31.4 Å². The number of hydrogen-bond acceptors (Lipinski definition) is 3. The zero-order valence-electron chi connectivity index (χ0n) is 9.00. The van der Waals surface area contributed by atoms with Gasteiger partial charge in [0.1, 0.15) is 5.82 Å². The van der Waals surface area contributed by atoms with Gasteiger partial charge in [-0.3, -0.25) is 0 Å². The predicted molar refractivity (Wildman–Crippen MR) is 62.8 cm³/mol. The Balaban J connectivity index is 1.99. The molecule has 0 atom stereocenters. The largest absolute Gasteiger partial charge is 0.384 e. The van der Waals surface area contributed by atoms with Crippen LogP contribution >= 0.6 is 0 Å². The molecule has 0 spiro atoms. The number of rotatable bonds is 2. The maximum atomic E-state index is 5.58. The summed E-state index contributed by atoms with van der Waals surface area (Å²) in [6.45, 7) is 0. The highest BCUT2D eigenvalue weighted by molar-refractivity contribution is 5.59. The molecule has 2 aromatic heterocycles. The van der Waals surface area contributed by atoms with Gasteiger partial charge in [0.2, 0.25) is 0 Å². The topological polar surface area (TPSA) is 56.7 Å². The first-order valence-electron chi connectivity index (χ1n) is 5.58. The van der Waals surface area contributed by atoms with Gasteiger partial charge in [0.25, 0.3) is 0 Å². The van der Waals surface area contributed by atoms with Gasteiger partial charge in [0.15, 0.2) is 0 Å². The lowest BCUT2D eigenvalue weighted by Crippen LogP contribution is -2.16. The van der Waals surface area contributed by atoms with Crippen molar-refractivity contribution in [3.63, 3.8) is 0 Å². The molecule has 0 radical (unpaired) electrons. The molecular weight excluding hydrogens is 200 g/mol. The van der Waals surface area contributed by atoms with Gasteiger partial charge in [-0.1, -0.05) is 0 Å². The maximum Gasteiger partial charge on any atom is 0.123 e. The Morgan fingerprint density at radius 1 is 1.25 bits per heavy atom. The molecule has 3 rings (SSSR count). The lowest BCUT2D eigenvalue weighted by atomic mass is 9.92. The average Bonchev–Trinajstić information content (AvgIpc) is 2.65. The van der Waals surface area contributed by atoms with Crippen molar-refractivity contribution in [1.82, 2.24) is 14.5 Å². The second-order valence-electron chi connectivity index (χ2n) is 4.24. The summed E-state index contributed by atoms with van der Waals surface area (Å²) in [5.41, 5.74) is 7.80. The molecule has 0 bridgehead atoms. The summed E-state index contributed by atoms with van der Waals surface area (Å²) >= 11 is 0. The van der Waals surface area contributed by atoms with Crippen LogP contribution in [0.2, 0.25) is 0 Å². The van der Waals surface area contributed by atoms with Gasteiger partial charge in [-0.15, -0.1) is 0 Å². The van der Waals surface area contributed by atoms with Gasteiger partial charge in [-0.25, -0.2) is 9.97 Å². The fraction of sp³-hybridized carbons (Fsp3) is 0.333. The number of aromatic nitrogens is 3. The third-order valence-corrected chi connectivity index (χ3v) is 3.22. The minimum absolute atomic E-state index is 0.554. The van der Waals surface area contributed by atoms with Gasteiger partial charge < -0.3 is 10.3 Å². The number of nitrogens with zero attached hydrogens (tertiary/aromatic N) is 3. The summed E-state index contributed by atoms with van der Waals surface area (Å²) < 4.78 is 2.25. The van der Waals surface area contributed by atoms with E-state index < -0.39 is 0 Å². The third-order valence-electron chi connectivity index (χ3n) is 3.22. The van der Waals surface area contributed by atoms with E-state index in [2.05, 4.69) is 14.5 Å². The van der Waals surface area contributed by atoms with E-state index in [-0.39, 0.29) is 0 Å². The predicted octanol–water partition coefficient (Wildman–Crippen LogP) is 2.25. The number of nitrogen functional groups attached to an aromatic ring is 1. The second kappa shape index (κ2) is 3.63. The Morgan fingerprint density at radius 2 is 2.12 bits per heavy atom. The summed E-state index contributed by atoms with van der Waals surface area (Å²) in [7, 11) is 0. The molecule has 1 saturated carbocycles. The average molecular weight is 214 g/mol. The van der Waals surface area contributed by atoms with Crippen LogP contribution in [0.3, 0.4) is 0 Å². The number of hydrogen-bond donors (Lipinski definition) is 1. The van der Waals surface area contributed by atoms with Crippen molar-refractivity contribution in [3.8, 4) is 11.3 Å².